The van der Waals surface area contributed by atoms with E-state index in [9.17, 15) is 4.79 Å². The van der Waals surface area contributed by atoms with E-state index in [4.69, 9.17) is 0 Å². The van der Waals surface area contributed by atoms with Crippen LogP contribution in [0.25, 0.3) is 0 Å². The molecule has 1 aromatic heterocycles. The zero-order valence-electron chi connectivity index (χ0n) is 15.7. The van der Waals surface area contributed by atoms with Gasteiger partial charge in [-0.3, -0.25) is 4.90 Å². The van der Waals surface area contributed by atoms with Gasteiger partial charge in [-0.15, -0.1) is 11.3 Å². The van der Waals surface area contributed by atoms with Gasteiger partial charge in [0.1, 0.15) is 0 Å². The Morgan fingerprint density at radius 2 is 2.04 bits per heavy atom. The van der Waals surface area contributed by atoms with E-state index >= 15 is 0 Å². The van der Waals surface area contributed by atoms with Gasteiger partial charge < -0.3 is 15.1 Å². The Bertz CT molecular complexity index is 745. The molecule has 2 heterocycles. The van der Waals surface area contributed by atoms with Crippen molar-refractivity contribution in [1.82, 2.24) is 14.8 Å². The minimum absolute atomic E-state index is 0.0225. The van der Waals surface area contributed by atoms with Gasteiger partial charge >= 0.3 is 6.03 Å². The Morgan fingerprint density at radius 1 is 1.23 bits per heavy atom. The first-order valence-corrected chi connectivity index (χ1v) is 9.86. The Labute approximate surface area is 159 Å². The number of amides is 2. The van der Waals surface area contributed by atoms with E-state index in [0.717, 1.165) is 61.2 Å². The molecule has 6 nitrogen and oxygen atoms in total. The number of para-hydroxylation sites is 2. The number of aryl methyl sites for hydroxylation is 1. The molecule has 2 aromatic rings. The summed E-state index contributed by atoms with van der Waals surface area (Å²) in [7, 11) is 3.96. The van der Waals surface area contributed by atoms with Crippen LogP contribution < -0.4 is 10.2 Å². The molecule has 0 unspecified atom stereocenters. The van der Waals surface area contributed by atoms with Gasteiger partial charge in [-0.2, -0.15) is 0 Å². The maximum absolute atomic E-state index is 12.7. The molecule has 26 heavy (non-hydrogen) atoms. The van der Waals surface area contributed by atoms with Crippen LogP contribution in [0.1, 0.15) is 17.1 Å². The van der Waals surface area contributed by atoms with E-state index in [-0.39, 0.29) is 6.03 Å². The Morgan fingerprint density at radius 3 is 2.77 bits per heavy atom. The van der Waals surface area contributed by atoms with E-state index in [1.54, 1.807) is 11.3 Å². The Hall–Kier alpha value is -2.12. The average Bonchev–Trinajstić information content (AvgIpc) is 2.88. The zero-order chi connectivity index (χ0) is 18.5. The number of hydrogen-bond acceptors (Lipinski definition) is 5. The second-order valence-corrected chi connectivity index (χ2v) is 7.88. The first-order chi connectivity index (χ1) is 12.5. The Kier molecular flexibility index (Phi) is 6.11. The van der Waals surface area contributed by atoms with Gasteiger partial charge in [0.15, 0.2) is 0 Å². The van der Waals surface area contributed by atoms with Crippen LogP contribution in [0.4, 0.5) is 16.2 Å². The minimum Gasteiger partial charge on any atom is -0.376 e. The summed E-state index contributed by atoms with van der Waals surface area (Å²) in [6.07, 6.45) is 0.978. The standard InChI is InChI=1S/C19H27N5OS/c1-15-20-16(14-26-15)13-23-9-6-10-24(12-11-23)19(25)21-17-7-4-5-8-18(17)22(2)3/h4-5,7-8,14H,6,9-13H2,1-3H3,(H,21,25). The number of rotatable bonds is 4. The summed E-state index contributed by atoms with van der Waals surface area (Å²) in [6, 6.07) is 7.86. The highest BCUT2D eigenvalue weighted by atomic mass is 32.1. The molecule has 1 saturated heterocycles. The average molecular weight is 374 g/mol. The van der Waals surface area contributed by atoms with Crippen LogP contribution >= 0.6 is 11.3 Å². The number of urea groups is 1. The molecule has 1 aliphatic rings. The molecule has 0 spiro atoms. The summed E-state index contributed by atoms with van der Waals surface area (Å²) in [5.41, 5.74) is 2.99. The molecular formula is C19H27N5OS. The quantitative estimate of drug-likeness (QED) is 0.894. The van der Waals surface area contributed by atoms with Crippen molar-refractivity contribution >= 4 is 28.7 Å². The normalized spacial score (nSPS) is 15.6. The van der Waals surface area contributed by atoms with Crippen LogP contribution in [0.2, 0.25) is 0 Å². The number of nitrogens with zero attached hydrogens (tertiary/aromatic N) is 4. The number of carbonyl (C=O) groups excluding carboxylic acids is 1. The van der Waals surface area contributed by atoms with Crippen molar-refractivity contribution in [3.63, 3.8) is 0 Å². The summed E-state index contributed by atoms with van der Waals surface area (Å²) < 4.78 is 0. The lowest BCUT2D eigenvalue weighted by Gasteiger charge is -2.24. The lowest BCUT2D eigenvalue weighted by Crippen LogP contribution is -2.38. The summed E-state index contributed by atoms with van der Waals surface area (Å²) in [6.45, 7) is 6.28. The molecule has 1 aromatic carbocycles. The molecule has 2 amide bonds. The number of carbonyl (C=O) groups is 1. The number of thiazole rings is 1. The molecule has 0 radical (unpaired) electrons. The van der Waals surface area contributed by atoms with Gasteiger partial charge in [-0.1, -0.05) is 12.1 Å². The molecule has 0 aliphatic carbocycles. The van der Waals surface area contributed by atoms with Crippen molar-refractivity contribution in [2.24, 2.45) is 0 Å². The van der Waals surface area contributed by atoms with Crippen molar-refractivity contribution in [3.05, 3.63) is 40.3 Å². The molecule has 3 rings (SSSR count). The van der Waals surface area contributed by atoms with E-state index in [1.807, 2.05) is 55.1 Å². The molecule has 0 atom stereocenters. The summed E-state index contributed by atoms with van der Waals surface area (Å²) >= 11 is 1.69. The Balaban J connectivity index is 1.57. The number of nitrogens with one attached hydrogen (secondary N) is 1. The second-order valence-electron chi connectivity index (χ2n) is 6.82. The molecule has 0 bridgehead atoms. The predicted octanol–water partition coefficient (Wildman–Crippen LogP) is 3.26. The predicted molar refractivity (Wildman–Crippen MR) is 108 cm³/mol. The van der Waals surface area contributed by atoms with E-state index in [2.05, 4.69) is 20.6 Å². The van der Waals surface area contributed by atoms with E-state index in [0.29, 0.717) is 0 Å². The second kappa shape index (κ2) is 8.51. The number of hydrogen-bond donors (Lipinski definition) is 1. The SMILES string of the molecule is Cc1nc(CN2CCCN(C(=O)Nc3ccccc3N(C)C)CC2)cs1. The van der Waals surface area contributed by atoms with Crippen LogP contribution in [0, 0.1) is 6.92 Å². The molecule has 140 valence electrons. The van der Waals surface area contributed by atoms with Gasteiger partial charge in [-0.25, -0.2) is 9.78 Å². The molecule has 1 aliphatic heterocycles. The maximum Gasteiger partial charge on any atom is 0.321 e. The summed E-state index contributed by atoms with van der Waals surface area (Å²) in [5, 5.41) is 6.31. The third kappa shape index (κ3) is 4.74. The summed E-state index contributed by atoms with van der Waals surface area (Å²) in [4.78, 5) is 23.6. The van der Waals surface area contributed by atoms with Gasteiger partial charge in [0, 0.05) is 52.2 Å². The van der Waals surface area contributed by atoms with Crippen molar-refractivity contribution in [2.45, 2.75) is 19.9 Å². The van der Waals surface area contributed by atoms with Crippen LogP contribution in [-0.2, 0) is 6.54 Å². The van der Waals surface area contributed by atoms with E-state index < -0.39 is 0 Å². The van der Waals surface area contributed by atoms with Gasteiger partial charge in [0.05, 0.1) is 22.1 Å². The molecule has 1 fully saturated rings. The van der Waals surface area contributed by atoms with Crippen molar-refractivity contribution in [1.29, 1.82) is 0 Å². The third-order valence-corrected chi connectivity index (χ3v) is 5.38. The van der Waals surface area contributed by atoms with Crippen LogP contribution in [0.15, 0.2) is 29.6 Å². The molecule has 1 N–H and O–H groups in total. The largest absolute Gasteiger partial charge is 0.376 e. The topological polar surface area (TPSA) is 51.7 Å². The van der Waals surface area contributed by atoms with Crippen molar-refractivity contribution in [3.8, 4) is 0 Å². The van der Waals surface area contributed by atoms with Gasteiger partial charge in [0.2, 0.25) is 0 Å². The fourth-order valence-corrected chi connectivity index (χ4v) is 3.81. The van der Waals surface area contributed by atoms with E-state index in [1.165, 1.54) is 0 Å². The highest BCUT2D eigenvalue weighted by Crippen LogP contribution is 2.24. The molecular weight excluding hydrogens is 346 g/mol. The minimum atomic E-state index is -0.0225. The van der Waals surface area contributed by atoms with Crippen LogP contribution in [0.5, 0.6) is 0 Å². The zero-order valence-corrected chi connectivity index (χ0v) is 16.6. The highest BCUT2D eigenvalue weighted by Gasteiger charge is 2.20. The fraction of sp³-hybridized carbons (Fsp3) is 0.474. The number of benzene rings is 1. The number of anilines is 2. The molecule has 7 heteroatoms. The molecule has 0 saturated carbocycles. The van der Waals surface area contributed by atoms with Gasteiger partial charge in [0.25, 0.3) is 0 Å². The highest BCUT2D eigenvalue weighted by molar-refractivity contribution is 7.09. The van der Waals surface area contributed by atoms with Crippen molar-refractivity contribution in [2.75, 3.05) is 50.5 Å². The van der Waals surface area contributed by atoms with Gasteiger partial charge in [-0.05, 0) is 25.5 Å². The van der Waals surface area contributed by atoms with Crippen molar-refractivity contribution < 1.29 is 4.79 Å². The lowest BCUT2D eigenvalue weighted by atomic mass is 10.2. The number of aromatic nitrogens is 1. The van der Waals surface area contributed by atoms with Crippen LogP contribution in [0.3, 0.4) is 0 Å². The first kappa shape index (κ1) is 18.7. The summed E-state index contributed by atoms with van der Waals surface area (Å²) in [5.74, 6) is 0. The smallest absolute Gasteiger partial charge is 0.321 e. The lowest BCUT2D eigenvalue weighted by molar-refractivity contribution is 0.211. The third-order valence-electron chi connectivity index (χ3n) is 4.56. The monoisotopic (exact) mass is 373 g/mol. The maximum atomic E-state index is 12.7. The fourth-order valence-electron chi connectivity index (χ4n) is 3.21. The first-order valence-electron chi connectivity index (χ1n) is 8.98. The van der Waals surface area contributed by atoms with Crippen LogP contribution in [-0.4, -0.2) is 61.1 Å².